The van der Waals surface area contributed by atoms with Gasteiger partial charge in [0.2, 0.25) is 0 Å². The van der Waals surface area contributed by atoms with Gasteiger partial charge in [-0.2, -0.15) is 0 Å². The molecule has 0 radical (unpaired) electrons. The molecule has 0 aliphatic carbocycles. The number of ether oxygens (including phenoxy) is 1. The summed E-state index contributed by atoms with van der Waals surface area (Å²) in [6.45, 7) is 5.61. The molecular formula is C15H25NO. The van der Waals surface area contributed by atoms with Crippen molar-refractivity contribution in [2.75, 3.05) is 13.7 Å². The lowest BCUT2D eigenvalue weighted by Crippen LogP contribution is -2.28. The Morgan fingerprint density at radius 2 is 1.88 bits per heavy atom. The molecule has 1 rings (SSSR count). The first kappa shape index (κ1) is 14.0. The van der Waals surface area contributed by atoms with E-state index in [1.54, 1.807) is 7.11 Å². The van der Waals surface area contributed by atoms with Crippen LogP contribution in [0.15, 0.2) is 24.3 Å². The molecule has 2 heteroatoms. The van der Waals surface area contributed by atoms with Crippen LogP contribution in [0.3, 0.4) is 0 Å². The lowest BCUT2D eigenvalue weighted by molar-refractivity contribution is 0.414. The van der Waals surface area contributed by atoms with Crippen LogP contribution in [0.1, 0.15) is 38.7 Å². The van der Waals surface area contributed by atoms with Crippen LogP contribution in [-0.4, -0.2) is 19.7 Å². The summed E-state index contributed by atoms with van der Waals surface area (Å²) < 4.78 is 5.15. The summed E-state index contributed by atoms with van der Waals surface area (Å²) in [7, 11) is 1.70. The Kier molecular flexibility index (Phi) is 6.71. The molecule has 0 fully saturated rings. The molecule has 0 aliphatic rings. The molecular weight excluding hydrogens is 210 g/mol. The van der Waals surface area contributed by atoms with Crippen molar-refractivity contribution in [1.82, 2.24) is 5.32 Å². The van der Waals surface area contributed by atoms with Gasteiger partial charge in [0.15, 0.2) is 0 Å². The summed E-state index contributed by atoms with van der Waals surface area (Å²) >= 11 is 0. The minimum atomic E-state index is 0.542. The quantitative estimate of drug-likeness (QED) is 0.697. The fourth-order valence-corrected chi connectivity index (χ4v) is 1.91. The zero-order valence-electron chi connectivity index (χ0n) is 11.3. The van der Waals surface area contributed by atoms with Crippen molar-refractivity contribution in [3.8, 4) is 5.75 Å². The number of unbranched alkanes of at least 4 members (excludes halogenated alkanes) is 2. The number of rotatable bonds is 8. The first-order valence-electron chi connectivity index (χ1n) is 6.62. The molecule has 0 saturated heterocycles. The second kappa shape index (κ2) is 8.13. The topological polar surface area (TPSA) is 21.3 Å². The van der Waals surface area contributed by atoms with Crippen LogP contribution in [0, 0.1) is 0 Å². The Morgan fingerprint density at radius 1 is 1.18 bits per heavy atom. The van der Waals surface area contributed by atoms with E-state index in [9.17, 15) is 0 Å². The third kappa shape index (κ3) is 5.73. The van der Waals surface area contributed by atoms with Crippen LogP contribution < -0.4 is 10.1 Å². The lowest BCUT2D eigenvalue weighted by Gasteiger charge is -2.14. The molecule has 17 heavy (non-hydrogen) atoms. The molecule has 1 unspecified atom stereocenters. The maximum Gasteiger partial charge on any atom is 0.118 e. The van der Waals surface area contributed by atoms with E-state index in [4.69, 9.17) is 4.74 Å². The van der Waals surface area contributed by atoms with Gasteiger partial charge >= 0.3 is 0 Å². The maximum atomic E-state index is 5.15. The summed E-state index contributed by atoms with van der Waals surface area (Å²) in [5.74, 6) is 0.928. The van der Waals surface area contributed by atoms with Crippen molar-refractivity contribution >= 4 is 0 Å². The fourth-order valence-electron chi connectivity index (χ4n) is 1.91. The molecule has 1 aromatic rings. The van der Waals surface area contributed by atoms with E-state index in [2.05, 4.69) is 31.3 Å². The fraction of sp³-hybridized carbons (Fsp3) is 0.600. The predicted octanol–water partition coefficient (Wildman–Crippen LogP) is 3.41. The van der Waals surface area contributed by atoms with E-state index in [1.807, 2.05) is 12.1 Å². The molecule has 2 nitrogen and oxygen atoms in total. The zero-order valence-corrected chi connectivity index (χ0v) is 11.3. The predicted molar refractivity (Wildman–Crippen MR) is 73.7 cm³/mol. The summed E-state index contributed by atoms with van der Waals surface area (Å²) in [6, 6.07) is 8.88. The average molecular weight is 235 g/mol. The minimum Gasteiger partial charge on any atom is -0.497 e. The van der Waals surface area contributed by atoms with Gasteiger partial charge in [-0.3, -0.25) is 0 Å². The van der Waals surface area contributed by atoms with E-state index in [1.165, 1.54) is 24.8 Å². The third-order valence-electron chi connectivity index (χ3n) is 2.97. The van der Waals surface area contributed by atoms with Gasteiger partial charge in [0.1, 0.15) is 5.75 Å². The largest absolute Gasteiger partial charge is 0.497 e. The second-order valence-electron chi connectivity index (χ2n) is 4.61. The van der Waals surface area contributed by atoms with E-state index in [0.29, 0.717) is 6.04 Å². The van der Waals surface area contributed by atoms with Crippen molar-refractivity contribution in [2.24, 2.45) is 0 Å². The molecule has 0 amide bonds. The smallest absolute Gasteiger partial charge is 0.118 e. The molecule has 1 atom stereocenters. The van der Waals surface area contributed by atoms with Gasteiger partial charge in [0, 0.05) is 6.04 Å². The molecule has 0 saturated carbocycles. The van der Waals surface area contributed by atoms with Gasteiger partial charge in [-0.05, 0) is 44.0 Å². The van der Waals surface area contributed by atoms with Crippen LogP contribution in [0.25, 0.3) is 0 Å². The first-order chi connectivity index (χ1) is 8.26. The molecule has 1 aromatic carbocycles. The Labute approximate surface area is 105 Å². The average Bonchev–Trinajstić information content (AvgIpc) is 2.36. The molecule has 0 aliphatic heterocycles. The van der Waals surface area contributed by atoms with Gasteiger partial charge in [-0.15, -0.1) is 0 Å². The summed E-state index contributed by atoms with van der Waals surface area (Å²) in [5.41, 5.74) is 1.36. The Balaban J connectivity index is 2.26. The van der Waals surface area contributed by atoms with Crippen LogP contribution >= 0.6 is 0 Å². The molecule has 0 spiro atoms. The molecule has 0 bridgehead atoms. The van der Waals surface area contributed by atoms with E-state index in [-0.39, 0.29) is 0 Å². The number of benzene rings is 1. The van der Waals surface area contributed by atoms with Crippen LogP contribution in [-0.2, 0) is 6.42 Å². The van der Waals surface area contributed by atoms with Gasteiger partial charge < -0.3 is 10.1 Å². The minimum absolute atomic E-state index is 0.542. The van der Waals surface area contributed by atoms with Crippen LogP contribution in [0.2, 0.25) is 0 Å². The Bertz CT molecular complexity index is 294. The highest BCUT2D eigenvalue weighted by molar-refractivity contribution is 5.27. The number of hydrogen-bond acceptors (Lipinski definition) is 2. The molecule has 0 heterocycles. The van der Waals surface area contributed by atoms with Gasteiger partial charge in [0.05, 0.1) is 7.11 Å². The monoisotopic (exact) mass is 235 g/mol. The Morgan fingerprint density at radius 3 is 2.47 bits per heavy atom. The van der Waals surface area contributed by atoms with Crippen LogP contribution in [0.5, 0.6) is 5.75 Å². The van der Waals surface area contributed by atoms with Gasteiger partial charge in [-0.25, -0.2) is 0 Å². The van der Waals surface area contributed by atoms with Crippen LogP contribution in [0.4, 0.5) is 0 Å². The summed E-state index contributed by atoms with van der Waals surface area (Å²) in [5, 5.41) is 3.56. The summed E-state index contributed by atoms with van der Waals surface area (Å²) in [4.78, 5) is 0. The number of methoxy groups -OCH3 is 1. The standard InChI is InChI=1S/C15H25NO/c1-4-5-6-11-16-13(2)12-14-7-9-15(17-3)10-8-14/h7-10,13,16H,4-6,11-12H2,1-3H3. The number of hydrogen-bond donors (Lipinski definition) is 1. The van der Waals surface area contributed by atoms with Crippen molar-refractivity contribution in [2.45, 2.75) is 45.6 Å². The highest BCUT2D eigenvalue weighted by Gasteiger charge is 2.02. The SMILES string of the molecule is CCCCCNC(C)Cc1ccc(OC)cc1. The number of nitrogens with one attached hydrogen (secondary N) is 1. The normalized spacial score (nSPS) is 12.4. The summed E-state index contributed by atoms with van der Waals surface area (Å²) in [6.07, 6.45) is 4.97. The van der Waals surface area contributed by atoms with Crippen molar-refractivity contribution < 1.29 is 4.74 Å². The first-order valence-corrected chi connectivity index (χ1v) is 6.62. The van der Waals surface area contributed by atoms with Crippen molar-refractivity contribution in [3.63, 3.8) is 0 Å². The molecule has 0 aromatic heterocycles. The van der Waals surface area contributed by atoms with Gasteiger partial charge in [0.25, 0.3) is 0 Å². The maximum absolute atomic E-state index is 5.15. The van der Waals surface area contributed by atoms with Crippen molar-refractivity contribution in [3.05, 3.63) is 29.8 Å². The van der Waals surface area contributed by atoms with Gasteiger partial charge in [-0.1, -0.05) is 31.9 Å². The second-order valence-corrected chi connectivity index (χ2v) is 4.61. The third-order valence-corrected chi connectivity index (χ3v) is 2.97. The highest BCUT2D eigenvalue weighted by Crippen LogP contribution is 2.12. The van der Waals surface area contributed by atoms with E-state index < -0.39 is 0 Å². The van der Waals surface area contributed by atoms with E-state index >= 15 is 0 Å². The highest BCUT2D eigenvalue weighted by atomic mass is 16.5. The van der Waals surface area contributed by atoms with E-state index in [0.717, 1.165) is 18.7 Å². The zero-order chi connectivity index (χ0) is 12.5. The Hall–Kier alpha value is -1.02. The molecule has 96 valence electrons. The van der Waals surface area contributed by atoms with Crippen molar-refractivity contribution in [1.29, 1.82) is 0 Å². The lowest BCUT2D eigenvalue weighted by atomic mass is 10.1. The molecule has 1 N–H and O–H groups in total.